The van der Waals surface area contributed by atoms with Crippen LogP contribution in [0.5, 0.6) is 0 Å². The molecular weight excluding hydrogens is 225 g/mol. The standard InChI is InChI=1S/C5H3F7S/c1-2-13-3(6,4(7,8)9)5(10,11)12/h2H,1H2. The normalized spacial score (nSPS) is 14.4. The number of alkyl halides is 7. The van der Waals surface area contributed by atoms with E-state index >= 15 is 0 Å². The molecule has 0 aromatic rings. The van der Waals surface area contributed by atoms with E-state index < -0.39 is 29.1 Å². The van der Waals surface area contributed by atoms with Crippen LogP contribution in [0.1, 0.15) is 0 Å². The molecule has 0 fully saturated rings. The summed E-state index contributed by atoms with van der Waals surface area (Å²) in [6, 6.07) is 0. The molecule has 8 heteroatoms. The van der Waals surface area contributed by atoms with Crippen LogP contribution in [0.4, 0.5) is 30.7 Å². The lowest BCUT2D eigenvalue weighted by Crippen LogP contribution is -2.50. The van der Waals surface area contributed by atoms with Crippen LogP contribution in [0.3, 0.4) is 0 Å². The van der Waals surface area contributed by atoms with Crippen LogP contribution < -0.4 is 0 Å². The summed E-state index contributed by atoms with van der Waals surface area (Å²) in [7, 11) is 0. The molecular formula is C5H3F7S. The summed E-state index contributed by atoms with van der Waals surface area (Å²) in [6.45, 7) is 2.60. The van der Waals surface area contributed by atoms with Gasteiger partial charge in [0.05, 0.1) is 0 Å². The summed E-state index contributed by atoms with van der Waals surface area (Å²) >= 11 is -1.06. The fourth-order valence-electron chi connectivity index (χ4n) is 0.409. The predicted molar refractivity (Wildman–Crippen MR) is 33.7 cm³/mol. The van der Waals surface area contributed by atoms with Gasteiger partial charge in [-0.1, -0.05) is 18.3 Å². The Morgan fingerprint density at radius 1 is 0.846 bits per heavy atom. The predicted octanol–water partition coefficient (Wildman–Crippen LogP) is 3.65. The second-order valence-electron chi connectivity index (χ2n) is 1.88. The first-order valence-electron chi connectivity index (χ1n) is 2.67. The Hall–Kier alpha value is -0.400. The largest absolute Gasteiger partial charge is 0.441 e. The fraction of sp³-hybridized carbons (Fsp3) is 0.600. The number of halogens is 7. The summed E-state index contributed by atoms with van der Waals surface area (Å²) < 4.78 is 82.2. The highest BCUT2D eigenvalue weighted by atomic mass is 32.2. The van der Waals surface area contributed by atoms with Crippen molar-refractivity contribution in [3.05, 3.63) is 12.0 Å². The van der Waals surface area contributed by atoms with Crippen molar-refractivity contribution in [1.82, 2.24) is 0 Å². The van der Waals surface area contributed by atoms with Gasteiger partial charge in [0.25, 0.3) is 0 Å². The molecule has 0 spiro atoms. The van der Waals surface area contributed by atoms with Crippen molar-refractivity contribution in [2.24, 2.45) is 0 Å². The Morgan fingerprint density at radius 3 is 1.23 bits per heavy atom. The molecule has 0 aromatic carbocycles. The average Bonchev–Trinajstić information content (AvgIpc) is 1.82. The van der Waals surface area contributed by atoms with Crippen molar-refractivity contribution in [1.29, 1.82) is 0 Å². The Kier molecular flexibility index (Phi) is 3.29. The summed E-state index contributed by atoms with van der Waals surface area (Å²) in [6.07, 6.45) is -12.0. The van der Waals surface area contributed by atoms with Crippen molar-refractivity contribution >= 4 is 11.8 Å². The molecule has 13 heavy (non-hydrogen) atoms. The van der Waals surface area contributed by atoms with E-state index in [1.807, 2.05) is 0 Å². The van der Waals surface area contributed by atoms with Gasteiger partial charge in [-0.25, -0.2) is 4.39 Å². The number of thioether (sulfide) groups is 1. The van der Waals surface area contributed by atoms with Gasteiger partial charge in [-0.15, -0.1) is 0 Å². The van der Waals surface area contributed by atoms with E-state index in [1.54, 1.807) is 0 Å². The van der Waals surface area contributed by atoms with Gasteiger partial charge in [0.2, 0.25) is 0 Å². The first-order valence-corrected chi connectivity index (χ1v) is 3.55. The Balaban J connectivity index is 5.07. The second-order valence-corrected chi connectivity index (χ2v) is 3.01. The molecule has 0 aliphatic heterocycles. The van der Waals surface area contributed by atoms with Gasteiger partial charge in [-0.3, -0.25) is 0 Å². The monoisotopic (exact) mass is 228 g/mol. The number of hydrogen-bond acceptors (Lipinski definition) is 1. The van der Waals surface area contributed by atoms with Crippen LogP contribution in [0.15, 0.2) is 12.0 Å². The Labute approximate surface area is 72.8 Å². The highest BCUT2D eigenvalue weighted by molar-refractivity contribution is 8.03. The molecule has 0 heterocycles. The molecule has 78 valence electrons. The zero-order chi connectivity index (χ0) is 10.9. The molecule has 0 radical (unpaired) electrons. The van der Waals surface area contributed by atoms with Crippen LogP contribution in [0.2, 0.25) is 0 Å². The third kappa shape index (κ3) is 2.29. The third-order valence-electron chi connectivity index (χ3n) is 0.975. The second kappa shape index (κ2) is 3.39. The van der Waals surface area contributed by atoms with E-state index in [4.69, 9.17) is 0 Å². The molecule has 0 bridgehead atoms. The molecule has 0 rings (SSSR count). The highest BCUT2D eigenvalue weighted by Gasteiger charge is 2.73. The Morgan fingerprint density at radius 2 is 1.15 bits per heavy atom. The first-order chi connectivity index (χ1) is 5.56. The van der Waals surface area contributed by atoms with Crippen LogP contribution in [0.25, 0.3) is 0 Å². The van der Waals surface area contributed by atoms with Gasteiger partial charge in [-0.05, 0) is 5.41 Å². The van der Waals surface area contributed by atoms with E-state index in [2.05, 4.69) is 6.58 Å². The van der Waals surface area contributed by atoms with E-state index in [-0.39, 0.29) is 5.41 Å². The van der Waals surface area contributed by atoms with Gasteiger partial charge in [0.1, 0.15) is 0 Å². The Bertz CT molecular complexity index is 176. The maximum Gasteiger partial charge on any atom is 0.441 e. The van der Waals surface area contributed by atoms with Crippen molar-refractivity contribution < 1.29 is 30.7 Å². The summed E-state index contributed by atoms with van der Waals surface area (Å²) in [4.78, 5) is 0. The first kappa shape index (κ1) is 12.6. The maximum absolute atomic E-state index is 12.4. The van der Waals surface area contributed by atoms with Gasteiger partial charge >= 0.3 is 17.4 Å². The highest BCUT2D eigenvalue weighted by Crippen LogP contribution is 2.53. The van der Waals surface area contributed by atoms with Crippen LogP contribution in [-0.4, -0.2) is 17.4 Å². The third-order valence-corrected chi connectivity index (χ3v) is 1.93. The zero-order valence-corrected chi connectivity index (χ0v) is 6.65. The minimum atomic E-state index is -6.01. The molecule has 0 amide bonds. The van der Waals surface area contributed by atoms with Crippen molar-refractivity contribution in [2.75, 3.05) is 0 Å². The summed E-state index contributed by atoms with van der Waals surface area (Å²) in [5, 5.41) is -5.12. The lowest BCUT2D eigenvalue weighted by atomic mass is 10.3. The topological polar surface area (TPSA) is 0 Å². The van der Waals surface area contributed by atoms with E-state index in [0.717, 1.165) is 0 Å². The van der Waals surface area contributed by atoms with E-state index in [9.17, 15) is 30.7 Å². The van der Waals surface area contributed by atoms with Crippen molar-refractivity contribution in [3.8, 4) is 0 Å². The molecule has 0 aromatic heterocycles. The van der Waals surface area contributed by atoms with Gasteiger partial charge < -0.3 is 0 Å². The molecule has 0 N–H and O–H groups in total. The van der Waals surface area contributed by atoms with Crippen molar-refractivity contribution in [3.63, 3.8) is 0 Å². The minimum Gasteiger partial charge on any atom is -0.211 e. The molecule has 0 saturated carbocycles. The summed E-state index contributed by atoms with van der Waals surface area (Å²) in [5.74, 6) is 0. The van der Waals surface area contributed by atoms with Crippen LogP contribution >= 0.6 is 11.8 Å². The smallest absolute Gasteiger partial charge is 0.211 e. The van der Waals surface area contributed by atoms with E-state index in [0.29, 0.717) is 0 Å². The molecule has 0 aliphatic carbocycles. The van der Waals surface area contributed by atoms with Gasteiger partial charge in [-0.2, -0.15) is 26.3 Å². The number of hydrogen-bond donors (Lipinski definition) is 0. The van der Waals surface area contributed by atoms with Gasteiger partial charge in [0, 0.05) is 0 Å². The molecule has 0 saturated heterocycles. The molecule has 0 unspecified atom stereocenters. The quantitative estimate of drug-likeness (QED) is 0.650. The SMILES string of the molecule is C=CSC(F)(C(F)(F)F)C(F)(F)F. The minimum absolute atomic E-state index is 0.154. The van der Waals surface area contributed by atoms with Crippen LogP contribution in [0, 0.1) is 0 Å². The maximum atomic E-state index is 12.4. The summed E-state index contributed by atoms with van der Waals surface area (Å²) in [5.41, 5.74) is 0. The average molecular weight is 228 g/mol. The molecule has 0 aliphatic rings. The lowest BCUT2D eigenvalue weighted by Gasteiger charge is -2.27. The van der Waals surface area contributed by atoms with Crippen LogP contribution in [-0.2, 0) is 0 Å². The number of rotatable bonds is 2. The van der Waals surface area contributed by atoms with Gasteiger partial charge in [0.15, 0.2) is 0 Å². The van der Waals surface area contributed by atoms with E-state index in [1.165, 1.54) is 0 Å². The zero-order valence-electron chi connectivity index (χ0n) is 5.84. The molecule has 0 atom stereocenters. The van der Waals surface area contributed by atoms with Crippen molar-refractivity contribution in [2.45, 2.75) is 17.4 Å². The lowest BCUT2D eigenvalue weighted by molar-refractivity contribution is -0.302. The molecule has 0 nitrogen and oxygen atoms in total. The fourth-order valence-corrected chi connectivity index (χ4v) is 0.906.